The second-order valence-electron chi connectivity index (χ2n) is 5.21. The van der Waals surface area contributed by atoms with Crippen molar-refractivity contribution in [3.05, 3.63) is 0 Å². The van der Waals surface area contributed by atoms with Crippen LogP contribution in [0.2, 0.25) is 0 Å². The molecular weight excluding hydrogens is 220 g/mol. The van der Waals surface area contributed by atoms with Crippen LogP contribution < -0.4 is 11.1 Å². The van der Waals surface area contributed by atoms with E-state index < -0.39 is 12.1 Å². The molecule has 1 heterocycles. The zero-order chi connectivity index (χ0) is 13.0. The lowest BCUT2D eigenvalue weighted by molar-refractivity contribution is -0.128. The molecule has 1 aliphatic heterocycles. The number of hydrogen-bond acceptors (Lipinski definition) is 4. The van der Waals surface area contributed by atoms with E-state index in [1.165, 1.54) is 0 Å². The molecule has 0 aliphatic carbocycles. The number of carbonyl (C=O) groups excluding carboxylic acids is 1. The molecule has 1 aliphatic rings. The number of hydrogen-bond donors (Lipinski definition) is 3. The zero-order valence-electron chi connectivity index (χ0n) is 10.8. The predicted molar refractivity (Wildman–Crippen MR) is 65.4 cm³/mol. The Labute approximate surface area is 103 Å². The SMILES string of the molecule is CC(C)CC(N)C(=O)N[C@H]1CCO[C@H](C)[C@@H]1O. The Morgan fingerprint density at radius 1 is 1.59 bits per heavy atom. The normalized spacial score (nSPS) is 31.3. The number of aliphatic hydroxyl groups excluding tert-OH is 1. The highest BCUT2D eigenvalue weighted by atomic mass is 16.5. The van der Waals surface area contributed by atoms with Gasteiger partial charge in [0.2, 0.25) is 5.91 Å². The summed E-state index contributed by atoms with van der Waals surface area (Å²) in [6.07, 6.45) is 0.390. The van der Waals surface area contributed by atoms with E-state index in [0.717, 1.165) is 0 Å². The maximum atomic E-state index is 11.8. The molecule has 1 saturated heterocycles. The quantitative estimate of drug-likeness (QED) is 0.650. The molecule has 0 spiro atoms. The van der Waals surface area contributed by atoms with E-state index >= 15 is 0 Å². The van der Waals surface area contributed by atoms with E-state index in [9.17, 15) is 9.90 Å². The van der Waals surface area contributed by atoms with Gasteiger partial charge in [0.1, 0.15) is 6.10 Å². The van der Waals surface area contributed by atoms with E-state index in [4.69, 9.17) is 10.5 Å². The van der Waals surface area contributed by atoms with Crippen LogP contribution in [-0.2, 0) is 9.53 Å². The van der Waals surface area contributed by atoms with Gasteiger partial charge in [-0.25, -0.2) is 0 Å². The molecule has 1 rings (SSSR count). The molecule has 0 aromatic carbocycles. The minimum Gasteiger partial charge on any atom is -0.388 e. The fraction of sp³-hybridized carbons (Fsp3) is 0.917. The highest BCUT2D eigenvalue weighted by Crippen LogP contribution is 2.14. The molecule has 0 radical (unpaired) electrons. The molecule has 0 aromatic heterocycles. The molecule has 1 fully saturated rings. The lowest BCUT2D eigenvalue weighted by atomic mass is 9.99. The van der Waals surface area contributed by atoms with Gasteiger partial charge >= 0.3 is 0 Å². The third-order valence-electron chi connectivity index (χ3n) is 3.09. The van der Waals surface area contributed by atoms with E-state index in [0.29, 0.717) is 25.4 Å². The Balaban J connectivity index is 2.44. The van der Waals surface area contributed by atoms with Gasteiger partial charge in [-0.2, -0.15) is 0 Å². The van der Waals surface area contributed by atoms with Crippen LogP contribution in [0.15, 0.2) is 0 Å². The van der Waals surface area contributed by atoms with Gasteiger partial charge < -0.3 is 20.9 Å². The van der Waals surface area contributed by atoms with Crippen molar-refractivity contribution in [2.24, 2.45) is 11.7 Å². The molecule has 100 valence electrons. The van der Waals surface area contributed by atoms with Crippen LogP contribution in [0.25, 0.3) is 0 Å². The van der Waals surface area contributed by atoms with Crippen LogP contribution in [0.5, 0.6) is 0 Å². The second kappa shape index (κ2) is 6.33. The third kappa shape index (κ3) is 4.26. The number of carbonyl (C=O) groups is 1. The predicted octanol–water partition coefficient (Wildman–Crippen LogP) is 0.0143. The second-order valence-corrected chi connectivity index (χ2v) is 5.21. The summed E-state index contributed by atoms with van der Waals surface area (Å²) in [4.78, 5) is 11.8. The van der Waals surface area contributed by atoms with Gasteiger partial charge in [0.15, 0.2) is 0 Å². The van der Waals surface area contributed by atoms with Crippen molar-refractivity contribution in [2.75, 3.05) is 6.61 Å². The third-order valence-corrected chi connectivity index (χ3v) is 3.09. The van der Waals surface area contributed by atoms with Crippen molar-refractivity contribution in [1.82, 2.24) is 5.32 Å². The zero-order valence-corrected chi connectivity index (χ0v) is 10.8. The van der Waals surface area contributed by atoms with Crippen molar-refractivity contribution in [1.29, 1.82) is 0 Å². The van der Waals surface area contributed by atoms with Crippen molar-refractivity contribution in [3.63, 3.8) is 0 Å². The number of amides is 1. The average Bonchev–Trinajstić information content (AvgIpc) is 2.23. The summed E-state index contributed by atoms with van der Waals surface area (Å²) in [6, 6.07) is -0.746. The van der Waals surface area contributed by atoms with Crippen molar-refractivity contribution >= 4 is 5.91 Å². The lowest BCUT2D eigenvalue weighted by Crippen LogP contribution is -2.55. The van der Waals surface area contributed by atoms with Crippen molar-refractivity contribution in [2.45, 2.75) is 57.9 Å². The number of ether oxygens (including phenoxy) is 1. The number of nitrogens with two attached hydrogens (primary N) is 1. The number of nitrogens with one attached hydrogen (secondary N) is 1. The summed E-state index contributed by atoms with van der Waals surface area (Å²) in [5.74, 6) is 0.200. The molecule has 5 heteroatoms. The fourth-order valence-electron chi connectivity index (χ4n) is 2.04. The van der Waals surface area contributed by atoms with Gasteiger partial charge in [-0.15, -0.1) is 0 Å². The summed E-state index contributed by atoms with van der Waals surface area (Å²) < 4.78 is 5.29. The van der Waals surface area contributed by atoms with Gasteiger partial charge in [0.25, 0.3) is 0 Å². The Kier molecular flexibility index (Phi) is 5.36. The molecule has 5 nitrogen and oxygen atoms in total. The monoisotopic (exact) mass is 244 g/mol. The molecule has 0 aromatic rings. The lowest BCUT2D eigenvalue weighted by Gasteiger charge is -2.34. The molecular formula is C12H24N2O3. The van der Waals surface area contributed by atoms with Crippen molar-refractivity contribution in [3.8, 4) is 0 Å². The van der Waals surface area contributed by atoms with Crippen LogP contribution in [-0.4, -0.2) is 41.9 Å². The van der Waals surface area contributed by atoms with Gasteiger partial charge in [-0.3, -0.25) is 4.79 Å². The van der Waals surface area contributed by atoms with Gasteiger partial charge in [0.05, 0.1) is 18.2 Å². The summed E-state index contributed by atoms with van der Waals surface area (Å²) >= 11 is 0. The van der Waals surface area contributed by atoms with Gasteiger partial charge in [-0.05, 0) is 25.7 Å². The highest BCUT2D eigenvalue weighted by molar-refractivity contribution is 5.81. The van der Waals surface area contributed by atoms with E-state index in [2.05, 4.69) is 5.32 Å². The Hall–Kier alpha value is -0.650. The molecule has 1 amide bonds. The summed E-state index contributed by atoms with van der Waals surface area (Å²) in [6.45, 7) is 6.41. The van der Waals surface area contributed by atoms with Crippen LogP contribution in [0.3, 0.4) is 0 Å². The number of aliphatic hydroxyl groups is 1. The van der Waals surface area contributed by atoms with Crippen LogP contribution >= 0.6 is 0 Å². The first kappa shape index (κ1) is 14.4. The molecule has 0 saturated carbocycles. The van der Waals surface area contributed by atoms with Crippen LogP contribution in [0.4, 0.5) is 0 Å². The Morgan fingerprint density at radius 2 is 2.24 bits per heavy atom. The summed E-state index contributed by atoms with van der Waals surface area (Å²) in [5, 5.41) is 12.7. The molecule has 4 atom stereocenters. The number of rotatable bonds is 4. The van der Waals surface area contributed by atoms with Crippen molar-refractivity contribution < 1.29 is 14.6 Å². The maximum absolute atomic E-state index is 11.8. The average molecular weight is 244 g/mol. The van der Waals surface area contributed by atoms with E-state index in [1.807, 2.05) is 13.8 Å². The minimum atomic E-state index is -0.654. The first-order chi connectivity index (χ1) is 7.91. The molecule has 17 heavy (non-hydrogen) atoms. The first-order valence-corrected chi connectivity index (χ1v) is 6.27. The Bertz CT molecular complexity index is 258. The molecule has 1 unspecified atom stereocenters. The van der Waals surface area contributed by atoms with Crippen LogP contribution in [0, 0.1) is 5.92 Å². The van der Waals surface area contributed by atoms with Gasteiger partial charge in [0, 0.05) is 6.61 Å². The maximum Gasteiger partial charge on any atom is 0.237 e. The summed E-state index contributed by atoms with van der Waals surface area (Å²) in [5.41, 5.74) is 5.79. The van der Waals surface area contributed by atoms with Gasteiger partial charge in [-0.1, -0.05) is 13.8 Å². The fourth-order valence-corrected chi connectivity index (χ4v) is 2.04. The van der Waals surface area contributed by atoms with Crippen LogP contribution in [0.1, 0.15) is 33.6 Å². The molecule has 0 bridgehead atoms. The van der Waals surface area contributed by atoms with E-state index in [-0.39, 0.29) is 18.1 Å². The minimum absolute atomic E-state index is 0.183. The van der Waals surface area contributed by atoms with E-state index in [1.54, 1.807) is 6.92 Å². The standard InChI is InChI=1S/C12H24N2O3/c1-7(2)6-9(13)12(16)14-10-4-5-17-8(3)11(10)15/h7-11,15H,4-6,13H2,1-3H3,(H,14,16)/t8-,9?,10+,11+/m1/s1. The largest absolute Gasteiger partial charge is 0.388 e. The smallest absolute Gasteiger partial charge is 0.237 e. The first-order valence-electron chi connectivity index (χ1n) is 6.27. The Morgan fingerprint density at radius 3 is 2.82 bits per heavy atom. The molecule has 4 N–H and O–H groups in total. The topological polar surface area (TPSA) is 84.6 Å². The summed E-state index contributed by atoms with van der Waals surface area (Å²) in [7, 11) is 0. The highest BCUT2D eigenvalue weighted by Gasteiger charge is 2.31.